The van der Waals surface area contributed by atoms with E-state index in [1.54, 1.807) is 6.08 Å². The Morgan fingerprint density at radius 2 is 2.18 bits per heavy atom. The van der Waals surface area contributed by atoms with Gasteiger partial charge in [-0.15, -0.1) is 0 Å². The van der Waals surface area contributed by atoms with Crippen LogP contribution < -0.4 is 11.5 Å². The monoisotopic (exact) mass is 155 g/mol. The van der Waals surface area contributed by atoms with Gasteiger partial charge in [0.15, 0.2) is 0 Å². The van der Waals surface area contributed by atoms with E-state index in [1.807, 2.05) is 13.0 Å². The molecule has 0 aromatic rings. The van der Waals surface area contributed by atoms with E-state index in [0.717, 1.165) is 25.9 Å². The standard InChI is InChI=1S/C8H17N3/c1-2-5-8(10)11-7-4-3-6-9/h2,5H,3-4,6-7,9H2,1H3,(H2,10,11)/b5-2+. The first kappa shape index (κ1) is 10.2. The third-order valence-electron chi connectivity index (χ3n) is 1.24. The molecule has 0 aromatic carbocycles. The van der Waals surface area contributed by atoms with Crippen LogP contribution in [0.1, 0.15) is 19.8 Å². The first-order valence-corrected chi connectivity index (χ1v) is 3.94. The summed E-state index contributed by atoms with van der Waals surface area (Å²) in [6, 6.07) is 0. The van der Waals surface area contributed by atoms with E-state index < -0.39 is 0 Å². The lowest BCUT2D eigenvalue weighted by atomic mass is 10.3. The van der Waals surface area contributed by atoms with E-state index >= 15 is 0 Å². The van der Waals surface area contributed by atoms with E-state index in [2.05, 4.69) is 4.99 Å². The summed E-state index contributed by atoms with van der Waals surface area (Å²) in [5, 5.41) is 0. The summed E-state index contributed by atoms with van der Waals surface area (Å²) in [5.41, 5.74) is 10.8. The number of aliphatic imine (C=N–C) groups is 1. The van der Waals surface area contributed by atoms with Crippen molar-refractivity contribution in [3.63, 3.8) is 0 Å². The predicted molar refractivity (Wildman–Crippen MR) is 49.6 cm³/mol. The zero-order valence-corrected chi connectivity index (χ0v) is 7.09. The largest absolute Gasteiger partial charge is 0.384 e. The highest BCUT2D eigenvalue weighted by atomic mass is 14.8. The third-order valence-corrected chi connectivity index (χ3v) is 1.24. The molecule has 0 fully saturated rings. The molecular formula is C8H17N3. The lowest BCUT2D eigenvalue weighted by Crippen LogP contribution is -2.08. The second kappa shape index (κ2) is 7.28. The molecule has 0 radical (unpaired) electrons. The Bertz CT molecular complexity index is 138. The lowest BCUT2D eigenvalue weighted by Gasteiger charge is -1.93. The SMILES string of the molecule is C/C=C/C(N)=NCCCCN. The molecule has 0 rings (SSSR count). The molecule has 0 amide bonds. The van der Waals surface area contributed by atoms with Gasteiger partial charge < -0.3 is 11.5 Å². The van der Waals surface area contributed by atoms with Crippen LogP contribution in [0.2, 0.25) is 0 Å². The molecule has 0 saturated carbocycles. The average Bonchev–Trinajstić information content (AvgIpc) is 1.99. The minimum Gasteiger partial charge on any atom is -0.384 e. The first-order chi connectivity index (χ1) is 5.31. The number of rotatable bonds is 5. The van der Waals surface area contributed by atoms with Crippen molar-refractivity contribution in [2.45, 2.75) is 19.8 Å². The second-order valence-electron chi connectivity index (χ2n) is 2.30. The fraction of sp³-hybridized carbons (Fsp3) is 0.625. The molecule has 11 heavy (non-hydrogen) atoms. The Morgan fingerprint density at radius 1 is 1.45 bits per heavy atom. The molecular weight excluding hydrogens is 138 g/mol. The Hall–Kier alpha value is -0.830. The highest BCUT2D eigenvalue weighted by molar-refractivity contribution is 5.91. The molecule has 0 spiro atoms. The predicted octanol–water partition coefficient (Wildman–Crippen LogP) is 0.659. The number of amidine groups is 1. The number of nitrogens with two attached hydrogens (primary N) is 2. The van der Waals surface area contributed by atoms with Gasteiger partial charge in [-0.3, -0.25) is 4.99 Å². The van der Waals surface area contributed by atoms with Crippen molar-refractivity contribution in [1.29, 1.82) is 0 Å². The van der Waals surface area contributed by atoms with Crippen molar-refractivity contribution in [1.82, 2.24) is 0 Å². The van der Waals surface area contributed by atoms with Crippen LogP contribution in [0.5, 0.6) is 0 Å². The molecule has 4 N–H and O–H groups in total. The molecule has 3 heteroatoms. The Balaban J connectivity index is 3.40. The van der Waals surface area contributed by atoms with Crippen LogP contribution in [0.15, 0.2) is 17.1 Å². The summed E-state index contributed by atoms with van der Waals surface area (Å²) in [6.07, 6.45) is 5.71. The summed E-state index contributed by atoms with van der Waals surface area (Å²) >= 11 is 0. The quantitative estimate of drug-likeness (QED) is 0.348. The molecule has 3 nitrogen and oxygen atoms in total. The number of nitrogens with zero attached hydrogens (tertiary/aromatic N) is 1. The summed E-state index contributed by atoms with van der Waals surface area (Å²) in [7, 11) is 0. The molecule has 0 atom stereocenters. The fourth-order valence-electron chi connectivity index (χ4n) is 0.688. The lowest BCUT2D eigenvalue weighted by molar-refractivity contribution is 0.756. The Morgan fingerprint density at radius 3 is 2.73 bits per heavy atom. The maximum Gasteiger partial charge on any atom is 0.117 e. The van der Waals surface area contributed by atoms with Gasteiger partial charge >= 0.3 is 0 Å². The van der Waals surface area contributed by atoms with Gasteiger partial charge in [0, 0.05) is 6.54 Å². The maximum absolute atomic E-state index is 5.50. The normalized spacial score (nSPS) is 12.7. The van der Waals surface area contributed by atoms with Crippen LogP contribution in [-0.4, -0.2) is 18.9 Å². The highest BCUT2D eigenvalue weighted by Crippen LogP contribution is 1.86. The maximum atomic E-state index is 5.50. The van der Waals surface area contributed by atoms with Gasteiger partial charge in [-0.25, -0.2) is 0 Å². The van der Waals surface area contributed by atoms with Crippen molar-refractivity contribution >= 4 is 5.84 Å². The second-order valence-corrected chi connectivity index (χ2v) is 2.30. The van der Waals surface area contributed by atoms with Gasteiger partial charge in [0.05, 0.1) is 0 Å². The molecule has 0 aliphatic rings. The zero-order chi connectivity index (χ0) is 8.53. The van der Waals surface area contributed by atoms with Crippen LogP contribution in [0.3, 0.4) is 0 Å². The molecule has 0 saturated heterocycles. The van der Waals surface area contributed by atoms with E-state index in [1.165, 1.54) is 0 Å². The van der Waals surface area contributed by atoms with Gasteiger partial charge in [-0.2, -0.15) is 0 Å². The number of hydrogen-bond donors (Lipinski definition) is 2. The van der Waals surface area contributed by atoms with Gasteiger partial charge in [0.25, 0.3) is 0 Å². The van der Waals surface area contributed by atoms with Crippen molar-refractivity contribution in [3.05, 3.63) is 12.2 Å². The van der Waals surface area contributed by atoms with Gasteiger partial charge in [0.1, 0.15) is 5.84 Å². The van der Waals surface area contributed by atoms with Gasteiger partial charge in [-0.05, 0) is 32.4 Å². The minimum atomic E-state index is 0.601. The molecule has 0 unspecified atom stereocenters. The molecule has 0 aliphatic heterocycles. The van der Waals surface area contributed by atoms with Gasteiger partial charge in [0.2, 0.25) is 0 Å². The van der Waals surface area contributed by atoms with Crippen molar-refractivity contribution in [3.8, 4) is 0 Å². The first-order valence-electron chi connectivity index (χ1n) is 3.94. The molecule has 0 bridgehead atoms. The molecule has 0 aliphatic carbocycles. The molecule has 0 aromatic heterocycles. The van der Waals surface area contributed by atoms with Gasteiger partial charge in [-0.1, -0.05) is 6.08 Å². The van der Waals surface area contributed by atoms with Crippen LogP contribution >= 0.6 is 0 Å². The van der Waals surface area contributed by atoms with Crippen molar-refractivity contribution in [2.75, 3.05) is 13.1 Å². The van der Waals surface area contributed by atoms with E-state index in [-0.39, 0.29) is 0 Å². The topological polar surface area (TPSA) is 64.4 Å². The number of unbranched alkanes of at least 4 members (excludes halogenated alkanes) is 1. The minimum absolute atomic E-state index is 0.601. The van der Waals surface area contributed by atoms with Crippen molar-refractivity contribution in [2.24, 2.45) is 16.5 Å². The van der Waals surface area contributed by atoms with Crippen molar-refractivity contribution < 1.29 is 0 Å². The van der Waals surface area contributed by atoms with Crippen LogP contribution in [0, 0.1) is 0 Å². The average molecular weight is 155 g/mol. The third kappa shape index (κ3) is 7.06. The van der Waals surface area contributed by atoms with E-state index in [9.17, 15) is 0 Å². The van der Waals surface area contributed by atoms with Crippen LogP contribution in [0.25, 0.3) is 0 Å². The Labute approximate surface area is 68.2 Å². The summed E-state index contributed by atoms with van der Waals surface area (Å²) < 4.78 is 0. The molecule has 0 heterocycles. The fourth-order valence-corrected chi connectivity index (χ4v) is 0.688. The zero-order valence-electron chi connectivity index (χ0n) is 7.09. The number of hydrogen-bond acceptors (Lipinski definition) is 2. The smallest absolute Gasteiger partial charge is 0.117 e. The van der Waals surface area contributed by atoms with Crippen LogP contribution in [-0.2, 0) is 0 Å². The molecule has 64 valence electrons. The van der Waals surface area contributed by atoms with E-state index in [4.69, 9.17) is 11.5 Å². The summed E-state index contributed by atoms with van der Waals surface area (Å²) in [5.74, 6) is 0.601. The number of allylic oxidation sites excluding steroid dienone is 1. The Kier molecular flexibility index (Phi) is 6.73. The summed E-state index contributed by atoms with van der Waals surface area (Å²) in [6.45, 7) is 3.44. The summed E-state index contributed by atoms with van der Waals surface area (Å²) in [4.78, 5) is 4.10. The highest BCUT2D eigenvalue weighted by Gasteiger charge is 1.84. The van der Waals surface area contributed by atoms with Crippen LogP contribution in [0.4, 0.5) is 0 Å². The van der Waals surface area contributed by atoms with E-state index in [0.29, 0.717) is 5.84 Å².